The lowest BCUT2D eigenvalue weighted by Crippen LogP contribution is -2.33. The predicted octanol–water partition coefficient (Wildman–Crippen LogP) is 2.06. The minimum atomic E-state index is 0.459. The standard InChI is InChI=1S/C15H22N2/c1-2-4-13(5-3-1)15(8-9-15)12-16-10-11-17-14-6-7-14/h1-5,14,16-17H,6-12H2. The molecular formula is C15H22N2. The van der Waals surface area contributed by atoms with Crippen LogP contribution < -0.4 is 10.6 Å². The van der Waals surface area contributed by atoms with E-state index in [1.54, 1.807) is 0 Å². The summed E-state index contributed by atoms with van der Waals surface area (Å²) in [6, 6.07) is 11.8. The zero-order valence-electron chi connectivity index (χ0n) is 10.4. The highest BCUT2D eigenvalue weighted by Crippen LogP contribution is 2.47. The Bertz CT molecular complexity index is 352. The summed E-state index contributed by atoms with van der Waals surface area (Å²) in [6.45, 7) is 3.37. The van der Waals surface area contributed by atoms with Gasteiger partial charge in [-0.25, -0.2) is 0 Å². The molecular weight excluding hydrogens is 208 g/mol. The van der Waals surface area contributed by atoms with Crippen molar-refractivity contribution in [1.29, 1.82) is 0 Å². The molecule has 2 N–H and O–H groups in total. The fourth-order valence-electron chi connectivity index (χ4n) is 2.49. The molecule has 0 amide bonds. The van der Waals surface area contributed by atoms with Crippen LogP contribution in [0.5, 0.6) is 0 Å². The van der Waals surface area contributed by atoms with Crippen LogP contribution in [0.25, 0.3) is 0 Å². The SMILES string of the molecule is c1ccc(C2(CNCCNC3CC3)CC2)cc1. The van der Waals surface area contributed by atoms with E-state index in [2.05, 4.69) is 41.0 Å². The van der Waals surface area contributed by atoms with Crippen LogP contribution in [0.2, 0.25) is 0 Å². The second-order valence-corrected chi connectivity index (χ2v) is 5.55. The van der Waals surface area contributed by atoms with Crippen molar-refractivity contribution in [2.24, 2.45) is 0 Å². The highest BCUT2D eigenvalue weighted by atomic mass is 15.0. The van der Waals surface area contributed by atoms with Crippen molar-refractivity contribution in [2.75, 3.05) is 19.6 Å². The molecule has 2 aliphatic rings. The van der Waals surface area contributed by atoms with Gasteiger partial charge in [0, 0.05) is 31.1 Å². The van der Waals surface area contributed by atoms with Crippen molar-refractivity contribution in [2.45, 2.75) is 37.1 Å². The summed E-state index contributed by atoms with van der Waals surface area (Å²) in [5.41, 5.74) is 1.98. The van der Waals surface area contributed by atoms with Crippen molar-refractivity contribution < 1.29 is 0 Å². The van der Waals surface area contributed by atoms with Gasteiger partial charge in [0.25, 0.3) is 0 Å². The number of nitrogens with one attached hydrogen (secondary N) is 2. The van der Waals surface area contributed by atoms with E-state index in [1.165, 1.54) is 31.2 Å². The maximum atomic E-state index is 3.61. The van der Waals surface area contributed by atoms with Crippen LogP contribution in [-0.4, -0.2) is 25.7 Å². The van der Waals surface area contributed by atoms with E-state index >= 15 is 0 Å². The molecule has 2 saturated carbocycles. The van der Waals surface area contributed by atoms with Gasteiger partial charge in [0.1, 0.15) is 0 Å². The Morgan fingerprint density at radius 1 is 1.06 bits per heavy atom. The van der Waals surface area contributed by atoms with Crippen molar-refractivity contribution in [1.82, 2.24) is 10.6 Å². The lowest BCUT2D eigenvalue weighted by atomic mass is 9.96. The Balaban J connectivity index is 1.41. The maximum Gasteiger partial charge on any atom is 0.00793 e. The van der Waals surface area contributed by atoms with E-state index < -0.39 is 0 Å². The first-order valence-corrected chi connectivity index (χ1v) is 6.89. The summed E-state index contributed by atoms with van der Waals surface area (Å²) in [6.07, 6.45) is 5.46. The average molecular weight is 230 g/mol. The van der Waals surface area contributed by atoms with E-state index in [4.69, 9.17) is 0 Å². The van der Waals surface area contributed by atoms with Crippen molar-refractivity contribution in [3.8, 4) is 0 Å². The van der Waals surface area contributed by atoms with Crippen molar-refractivity contribution in [3.63, 3.8) is 0 Å². The monoisotopic (exact) mass is 230 g/mol. The molecule has 2 aliphatic carbocycles. The average Bonchev–Trinajstić information content (AvgIpc) is 3.26. The number of rotatable bonds is 7. The van der Waals surface area contributed by atoms with E-state index in [0.29, 0.717) is 5.41 Å². The third-order valence-corrected chi connectivity index (χ3v) is 4.02. The second-order valence-electron chi connectivity index (χ2n) is 5.55. The van der Waals surface area contributed by atoms with Crippen molar-refractivity contribution >= 4 is 0 Å². The van der Waals surface area contributed by atoms with Crippen LogP contribution in [0, 0.1) is 0 Å². The zero-order chi connectivity index (χ0) is 11.6. The molecule has 0 aromatic heterocycles. The molecule has 0 aliphatic heterocycles. The molecule has 0 saturated heterocycles. The maximum absolute atomic E-state index is 3.61. The van der Waals surface area contributed by atoms with Gasteiger partial charge in [0.05, 0.1) is 0 Å². The molecule has 0 spiro atoms. The number of benzene rings is 1. The smallest absolute Gasteiger partial charge is 0.00793 e. The zero-order valence-corrected chi connectivity index (χ0v) is 10.4. The quantitative estimate of drug-likeness (QED) is 0.701. The molecule has 2 nitrogen and oxygen atoms in total. The molecule has 92 valence electrons. The number of hydrogen-bond acceptors (Lipinski definition) is 2. The molecule has 0 atom stereocenters. The Labute approximate surface area is 104 Å². The summed E-state index contributed by atoms with van der Waals surface area (Å²) < 4.78 is 0. The first-order valence-electron chi connectivity index (χ1n) is 6.89. The third-order valence-electron chi connectivity index (χ3n) is 4.02. The molecule has 0 radical (unpaired) electrons. The van der Waals surface area contributed by atoms with Gasteiger partial charge in [0.15, 0.2) is 0 Å². The van der Waals surface area contributed by atoms with Gasteiger partial charge in [-0.3, -0.25) is 0 Å². The fourth-order valence-corrected chi connectivity index (χ4v) is 2.49. The van der Waals surface area contributed by atoms with Crippen LogP contribution in [0.3, 0.4) is 0 Å². The predicted molar refractivity (Wildman–Crippen MR) is 71.2 cm³/mol. The number of hydrogen-bond donors (Lipinski definition) is 2. The summed E-state index contributed by atoms with van der Waals surface area (Å²) in [5.74, 6) is 0. The highest BCUT2D eigenvalue weighted by molar-refractivity contribution is 5.31. The molecule has 1 aromatic carbocycles. The molecule has 0 heterocycles. The minimum absolute atomic E-state index is 0.459. The van der Waals surface area contributed by atoms with Gasteiger partial charge in [-0.1, -0.05) is 30.3 Å². The molecule has 0 bridgehead atoms. The normalized spacial score (nSPS) is 21.4. The minimum Gasteiger partial charge on any atom is -0.315 e. The Hall–Kier alpha value is -0.860. The van der Waals surface area contributed by atoms with E-state index in [0.717, 1.165) is 25.7 Å². The van der Waals surface area contributed by atoms with Gasteiger partial charge in [-0.05, 0) is 31.2 Å². The van der Waals surface area contributed by atoms with Crippen LogP contribution in [-0.2, 0) is 5.41 Å². The lowest BCUT2D eigenvalue weighted by molar-refractivity contribution is 0.550. The molecule has 0 unspecified atom stereocenters. The topological polar surface area (TPSA) is 24.1 Å². The van der Waals surface area contributed by atoms with Gasteiger partial charge >= 0.3 is 0 Å². The summed E-state index contributed by atoms with van der Waals surface area (Å²) in [5, 5.41) is 7.15. The van der Waals surface area contributed by atoms with Crippen LogP contribution in [0.1, 0.15) is 31.2 Å². The van der Waals surface area contributed by atoms with E-state index in [1.807, 2.05) is 0 Å². The first kappa shape index (κ1) is 11.2. The lowest BCUT2D eigenvalue weighted by Gasteiger charge is -2.16. The molecule has 1 aromatic rings. The first-order chi connectivity index (χ1) is 8.39. The van der Waals surface area contributed by atoms with Crippen molar-refractivity contribution in [3.05, 3.63) is 35.9 Å². The Kier molecular flexibility index (Phi) is 3.17. The summed E-state index contributed by atoms with van der Waals surface area (Å²) in [7, 11) is 0. The van der Waals surface area contributed by atoms with E-state index in [9.17, 15) is 0 Å². The van der Waals surface area contributed by atoms with Crippen LogP contribution in [0.4, 0.5) is 0 Å². The van der Waals surface area contributed by atoms with Crippen LogP contribution in [0.15, 0.2) is 30.3 Å². The third kappa shape index (κ3) is 2.88. The highest BCUT2D eigenvalue weighted by Gasteiger charge is 2.43. The second kappa shape index (κ2) is 4.79. The van der Waals surface area contributed by atoms with E-state index in [-0.39, 0.29) is 0 Å². The van der Waals surface area contributed by atoms with Gasteiger partial charge in [0.2, 0.25) is 0 Å². The Morgan fingerprint density at radius 3 is 2.47 bits per heavy atom. The van der Waals surface area contributed by atoms with Gasteiger partial charge in [-0.2, -0.15) is 0 Å². The molecule has 3 rings (SSSR count). The van der Waals surface area contributed by atoms with Gasteiger partial charge in [-0.15, -0.1) is 0 Å². The molecule has 2 fully saturated rings. The Morgan fingerprint density at radius 2 is 1.82 bits per heavy atom. The van der Waals surface area contributed by atoms with Crippen LogP contribution >= 0.6 is 0 Å². The van der Waals surface area contributed by atoms with Gasteiger partial charge < -0.3 is 10.6 Å². The summed E-state index contributed by atoms with van der Waals surface area (Å²) >= 11 is 0. The fraction of sp³-hybridized carbons (Fsp3) is 0.600. The molecule has 2 heteroatoms. The summed E-state index contributed by atoms with van der Waals surface area (Å²) in [4.78, 5) is 0. The molecule has 17 heavy (non-hydrogen) atoms. The largest absolute Gasteiger partial charge is 0.315 e.